The quantitative estimate of drug-likeness (QED) is 0.480. The zero-order chi connectivity index (χ0) is 9.99. The number of nitrogens with two attached hydrogens (primary N) is 1. The number of hydrogen-bond donors (Lipinski definition) is 2. The Labute approximate surface area is 79.1 Å². The van der Waals surface area contributed by atoms with Crippen LogP contribution in [0.2, 0.25) is 0 Å². The molecule has 0 saturated carbocycles. The van der Waals surface area contributed by atoms with Crippen molar-refractivity contribution >= 4 is 11.6 Å². The minimum Gasteiger partial charge on any atom is -0.376 e. The van der Waals surface area contributed by atoms with Crippen LogP contribution in [0.5, 0.6) is 0 Å². The summed E-state index contributed by atoms with van der Waals surface area (Å²) < 4.78 is 0. The lowest BCUT2D eigenvalue weighted by molar-refractivity contribution is 0.121. The third-order valence-corrected chi connectivity index (χ3v) is 1.84. The van der Waals surface area contributed by atoms with Gasteiger partial charge in [0.15, 0.2) is 0 Å². The zero-order valence-corrected chi connectivity index (χ0v) is 8.74. The van der Waals surface area contributed by atoms with Gasteiger partial charge in [-0.2, -0.15) is 0 Å². The van der Waals surface area contributed by atoms with Crippen molar-refractivity contribution in [2.75, 3.05) is 0 Å². The van der Waals surface area contributed by atoms with Crippen LogP contribution in [-0.4, -0.2) is 21.6 Å². The first-order valence-corrected chi connectivity index (χ1v) is 4.28. The Hall–Kier alpha value is -0.230. The van der Waals surface area contributed by atoms with Crippen LogP contribution in [0.15, 0.2) is 0 Å². The lowest BCUT2D eigenvalue weighted by Gasteiger charge is -2.20. The van der Waals surface area contributed by atoms with Crippen LogP contribution in [0.25, 0.3) is 0 Å². The fourth-order valence-corrected chi connectivity index (χ4v) is 0.442. The molecule has 0 saturated heterocycles. The van der Waals surface area contributed by atoms with E-state index in [1.807, 2.05) is 0 Å². The van der Waals surface area contributed by atoms with Gasteiger partial charge in [-0.05, 0) is 27.7 Å². The van der Waals surface area contributed by atoms with Gasteiger partial charge in [0.1, 0.15) is 5.60 Å². The van der Waals surface area contributed by atoms with Crippen LogP contribution in [0.4, 0.5) is 0 Å². The second-order valence-corrected chi connectivity index (χ2v) is 4.39. The van der Waals surface area contributed by atoms with Crippen LogP contribution >= 0.6 is 11.6 Å². The Balaban J connectivity index is 4.50. The molecule has 0 aliphatic carbocycles. The van der Waals surface area contributed by atoms with Crippen molar-refractivity contribution in [2.24, 2.45) is 5.73 Å². The van der Waals surface area contributed by atoms with Crippen LogP contribution in [0, 0.1) is 11.8 Å². The third-order valence-electron chi connectivity index (χ3n) is 1.41. The third kappa shape index (κ3) is 4.61. The molecule has 0 fully saturated rings. The molecule has 2 unspecified atom stereocenters. The largest absolute Gasteiger partial charge is 0.376 e. The predicted molar refractivity (Wildman–Crippen MR) is 52.0 cm³/mol. The first-order chi connectivity index (χ1) is 5.15. The summed E-state index contributed by atoms with van der Waals surface area (Å²) in [6, 6.07) is 0. The minimum absolute atomic E-state index is 0.410. The molecule has 0 spiro atoms. The monoisotopic (exact) mass is 189 g/mol. The van der Waals surface area contributed by atoms with E-state index in [1.54, 1.807) is 27.7 Å². The van der Waals surface area contributed by atoms with Crippen molar-refractivity contribution in [1.29, 1.82) is 0 Å². The van der Waals surface area contributed by atoms with Gasteiger partial charge in [0.05, 0.1) is 10.9 Å². The van der Waals surface area contributed by atoms with Gasteiger partial charge in [-0.25, -0.2) is 0 Å². The molecule has 0 bridgehead atoms. The molecule has 0 amide bonds. The van der Waals surface area contributed by atoms with Crippen molar-refractivity contribution < 1.29 is 5.11 Å². The lowest BCUT2D eigenvalue weighted by atomic mass is 10.0. The summed E-state index contributed by atoms with van der Waals surface area (Å²) in [4.78, 5) is 0. The molecule has 2 nitrogen and oxygen atoms in total. The van der Waals surface area contributed by atoms with E-state index >= 15 is 0 Å². The Morgan fingerprint density at radius 1 is 1.33 bits per heavy atom. The lowest BCUT2D eigenvalue weighted by Crippen LogP contribution is -2.35. The average molecular weight is 190 g/mol. The molecule has 0 aliphatic heterocycles. The number of aliphatic hydroxyl groups is 1. The average Bonchev–Trinajstić information content (AvgIpc) is 1.82. The van der Waals surface area contributed by atoms with Gasteiger partial charge in [-0.3, -0.25) is 0 Å². The first kappa shape index (κ1) is 11.8. The van der Waals surface area contributed by atoms with Crippen LogP contribution in [0.1, 0.15) is 27.7 Å². The molecular formula is C9H16ClNO. The van der Waals surface area contributed by atoms with E-state index in [9.17, 15) is 5.11 Å². The summed E-state index contributed by atoms with van der Waals surface area (Å²) in [5.41, 5.74) is 3.86. The molecule has 3 N–H and O–H groups in total. The maximum Gasteiger partial charge on any atom is 0.138 e. The molecule has 70 valence electrons. The van der Waals surface area contributed by atoms with E-state index in [-0.39, 0.29) is 0 Å². The number of halogens is 1. The maximum atomic E-state index is 9.59. The van der Waals surface area contributed by atoms with Gasteiger partial charge < -0.3 is 10.8 Å². The van der Waals surface area contributed by atoms with E-state index in [0.29, 0.717) is 0 Å². The van der Waals surface area contributed by atoms with Crippen LogP contribution in [-0.2, 0) is 0 Å². The summed E-state index contributed by atoms with van der Waals surface area (Å²) in [5, 5.41) is 9.18. The topological polar surface area (TPSA) is 46.2 Å². The van der Waals surface area contributed by atoms with Gasteiger partial charge in [0, 0.05) is 0 Å². The summed E-state index contributed by atoms with van der Waals surface area (Å²) in [5.74, 6) is 5.38. The van der Waals surface area contributed by atoms with Gasteiger partial charge in [-0.15, -0.1) is 11.6 Å². The Morgan fingerprint density at radius 2 is 1.75 bits per heavy atom. The van der Waals surface area contributed by atoms with E-state index in [4.69, 9.17) is 17.3 Å². The van der Waals surface area contributed by atoms with E-state index in [2.05, 4.69) is 11.8 Å². The van der Waals surface area contributed by atoms with Gasteiger partial charge in [-0.1, -0.05) is 11.8 Å². The molecule has 0 aromatic carbocycles. The van der Waals surface area contributed by atoms with E-state index < -0.39 is 16.5 Å². The summed E-state index contributed by atoms with van der Waals surface area (Å²) in [6.07, 6.45) is 0. The molecule has 2 atom stereocenters. The van der Waals surface area contributed by atoms with Crippen molar-refractivity contribution in [3.8, 4) is 11.8 Å². The summed E-state index contributed by atoms with van der Waals surface area (Å²) >= 11 is 5.70. The number of alkyl halides is 1. The second-order valence-electron chi connectivity index (χ2n) is 3.74. The van der Waals surface area contributed by atoms with Gasteiger partial charge in [0.25, 0.3) is 0 Å². The SMILES string of the molecule is CC(Cl)C(C)(O)C#CC(C)(C)N. The molecule has 0 radical (unpaired) electrons. The summed E-state index contributed by atoms with van der Waals surface area (Å²) in [6.45, 7) is 6.81. The van der Waals surface area contributed by atoms with E-state index in [0.717, 1.165) is 0 Å². The Bertz CT molecular complexity index is 205. The molecule has 0 heterocycles. The highest BCUT2D eigenvalue weighted by atomic mass is 35.5. The fourth-order valence-electron chi connectivity index (χ4n) is 0.387. The van der Waals surface area contributed by atoms with Crippen molar-refractivity contribution in [3.63, 3.8) is 0 Å². The van der Waals surface area contributed by atoms with Crippen molar-refractivity contribution in [1.82, 2.24) is 0 Å². The smallest absolute Gasteiger partial charge is 0.138 e. The molecule has 0 aromatic rings. The van der Waals surface area contributed by atoms with Crippen molar-refractivity contribution in [2.45, 2.75) is 44.2 Å². The molecule has 3 heteroatoms. The maximum absolute atomic E-state index is 9.59. The number of hydrogen-bond acceptors (Lipinski definition) is 2. The Morgan fingerprint density at radius 3 is 2.00 bits per heavy atom. The molecule has 12 heavy (non-hydrogen) atoms. The highest BCUT2D eigenvalue weighted by Gasteiger charge is 2.24. The van der Waals surface area contributed by atoms with Crippen LogP contribution in [0.3, 0.4) is 0 Å². The van der Waals surface area contributed by atoms with Gasteiger partial charge in [0.2, 0.25) is 0 Å². The minimum atomic E-state index is -1.17. The standard InChI is InChI=1S/C9H16ClNO/c1-7(10)9(4,12)6-5-8(2,3)11/h7,12H,11H2,1-4H3. The molecule has 0 aromatic heterocycles. The second kappa shape index (κ2) is 3.66. The highest BCUT2D eigenvalue weighted by Crippen LogP contribution is 2.14. The van der Waals surface area contributed by atoms with Crippen LogP contribution < -0.4 is 5.73 Å². The molecular weight excluding hydrogens is 174 g/mol. The Kier molecular flexibility index (Phi) is 3.59. The fraction of sp³-hybridized carbons (Fsp3) is 0.778. The normalized spacial score (nSPS) is 18.9. The van der Waals surface area contributed by atoms with E-state index in [1.165, 1.54) is 0 Å². The zero-order valence-electron chi connectivity index (χ0n) is 7.98. The first-order valence-electron chi connectivity index (χ1n) is 3.85. The number of rotatable bonds is 1. The van der Waals surface area contributed by atoms with Gasteiger partial charge >= 0.3 is 0 Å². The molecule has 0 rings (SSSR count). The predicted octanol–water partition coefficient (Wildman–Crippen LogP) is 1.11. The highest BCUT2D eigenvalue weighted by molar-refractivity contribution is 6.21. The molecule has 0 aliphatic rings. The summed E-state index contributed by atoms with van der Waals surface area (Å²) in [7, 11) is 0. The van der Waals surface area contributed by atoms with Crippen molar-refractivity contribution in [3.05, 3.63) is 0 Å².